The van der Waals surface area contributed by atoms with Crippen molar-refractivity contribution in [3.8, 4) is 22.4 Å². The maximum atomic E-state index is 13.4. The van der Waals surface area contributed by atoms with Crippen LogP contribution in [0.25, 0.3) is 22.4 Å². The molecule has 0 bridgehead atoms. The van der Waals surface area contributed by atoms with Crippen molar-refractivity contribution in [1.82, 2.24) is 9.55 Å². The van der Waals surface area contributed by atoms with Crippen LogP contribution in [0.5, 0.6) is 0 Å². The highest BCUT2D eigenvalue weighted by atomic mass is 19.1. The number of halogens is 1. The van der Waals surface area contributed by atoms with E-state index in [-0.39, 0.29) is 23.1 Å². The van der Waals surface area contributed by atoms with Crippen LogP contribution in [0.1, 0.15) is 57.4 Å². The number of nitrogens with zero attached hydrogens (tertiary/aromatic N) is 2. The Hall–Kier alpha value is -2.75. The Morgan fingerprint density at radius 3 is 2.29 bits per heavy atom. The molecule has 3 aromatic rings. The average Bonchev–Trinajstić information content (AvgIpc) is 3.10. The molecule has 0 N–H and O–H groups in total. The lowest BCUT2D eigenvalue weighted by molar-refractivity contribution is 0.0940. The molecule has 0 aliphatic carbocycles. The van der Waals surface area contributed by atoms with Gasteiger partial charge in [-0.25, -0.2) is 9.37 Å². The summed E-state index contributed by atoms with van der Waals surface area (Å²) in [5.74, 6) is -0.171. The lowest BCUT2D eigenvalue weighted by Gasteiger charge is -2.18. The molecule has 146 valence electrons. The van der Waals surface area contributed by atoms with E-state index in [1.807, 2.05) is 24.4 Å². The molecular weight excluding hydrogens is 351 g/mol. The first kappa shape index (κ1) is 20.0. The molecule has 0 amide bonds. The third-order valence-corrected chi connectivity index (χ3v) is 4.64. The Bertz CT molecular complexity index is 979. The smallest absolute Gasteiger partial charge is 0.163 e. The van der Waals surface area contributed by atoms with Gasteiger partial charge in [0.25, 0.3) is 0 Å². The number of Topliss-reactive ketones (excluding diaryl/α,β-unsaturated/α-hetero) is 1. The summed E-state index contributed by atoms with van der Waals surface area (Å²) >= 11 is 0. The van der Waals surface area contributed by atoms with Crippen LogP contribution in [-0.2, 0) is 0 Å². The topological polar surface area (TPSA) is 34.9 Å². The Labute approximate surface area is 166 Å². The minimum Gasteiger partial charge on any atom is -0.328 e. The van der Waals surface area contributed by atoms with Crippen molar-refractivity contribution >= 4 is 5.78 Å². The van der Waals surface area contributed by atoms with Gasteiger partial charge in [-0.2, -0.15) is 0 Å². The maximum Gasteiger partial charge on any atom is 0.163 e. The first-order valence-electron chi connectivity index (χ1n) is 9.60. The van der Waals surface area contributed by atoms with E-state index in [0.29, 0.717) is 12.0 Å². The van der Waals surface area contributed by atoms with Crippen molar-refractivity contribution < 1.29 is 9.18 Å². The predicted octanol–water partition coefficient (Wildman–Crippen LogP) is 6.56. The Morgan fingerprint density at radius 1 is 1.04 bits per heavy atom. The van der Waals surface area contributed by atoms with E-state index >= 15 is 0 Å². The molecule has 0 spiro atoms. The highest BCUT2D eigenvalue weighted by molar-refractivity contribution is 5.99. The summed E-state index contributed by atoms with van der Waals surface area (Å²) < 4.78 is 15.5. The molecule has 1 heterocycles. The van der Waals surface area contributed by atoms with Crippen molar-refractivity contribution in [3.05, 3.63) is 66.4 Å². The molecule has 0 fully saturated rings. The summed E-state index contributed by atoms with van der Waals surface area (Å²) in [6.07, 6.45) is 4.09. The molecule has 0 saturated carbocycles. The highest BCUT2D eigenvalue weighted by Crippen LogP contribution is 2.31. The van der Waals surface area contributed by atoms with E-state index in [1.165, 1.54) is 12.1 Å². The van der Waals surface area contributed by atoms with E-state index in [1.54, 1.807) is 18.5 Å². The summed E-state index contributed by atoms with van der Waals surface area (Å²) in [5.41, 5.74) is 4.25. The predicted molar refractivity (Wildman–Crippen MR) is 112 cm³/mol. The zero-order chi connectivity index (χ0) is 20.5. The van der Waals surface area contributed by atoms with Gasteiger partial charge in [0.15, 0.2) is 5.78 Å². The van der Waals surface area contributed by atoms with Gasteiger partial charge < -0.3 is 4.57 Å². The molecule has 2 aromatic carbocycles. The van der Waals surface area contributed by atoms with E-state index in [0.717, 1.165) is 22.4 Å². The number of aromatic nitrogens is 2. The summed E-state index contributed by atoms with van der Waals surface area (Å²) in [4.78, 5) is 17.3. The number of ketones is 1. The van der Waals surface area contributed by atoms with Crippen LogP contribution in [0, 0.1) is 11.2 Å². The zero-order valence-corrected chi connectivity index (χ0v) is 17.2. The Morgan fingerprint density at radius 2 is 1.68 bits per heavy atom. The molecule has 3 rings (SSSR count). The molecule has 0 aliphatic heterocycles. The van der Waals surface area contributed by atoms with Crippen LogP contribution >= 0.6 is 0 Å². The molecule has 0 aliphatic rings. The van der Waals surface area contributed by atoms with Crippen molar-refractivity contribution in [1.29, 1.82) is 0 Å². The van der Waals surface area contributed by atoms with Gasteiger partial charge >= 0.3 is 0 Å². The van der Waals surface area contributed by atoms with Crippen LogP contribution < -0.4 is 0 Å². The Kier molecular flexibility index (Phi) is 5.50. The number of hydrogen-bond donors (Lipinski definition) is 0. The fraction of sp³-hybridized carbons (Fsp3) is 0.333. The van der Waals surface area contributed by atoms with Crippen LogP contribution in [0.4, 0.5) is 4.39 Å². The van der Waals surface area contributed by atoms with Gasteiger partial charge in [-0.05, 0) is 60.7 Å². The first-order chi connectivity index (χ1) is 13.1. The minimum absolute atomic E-state index is 0.0944. The number of carbonyl (C=O) groups excluding carboxylic acids is 1. The molecule has 1 aromatic heterocycles. The Balaban J connectivity index is 2.15. The zero-order valence-electron chi connectivity index (χ0n) is 17.2. The summed E-state index contributed by atoms with van der Waals surface area (Å²) in [7, 11) is 0. The van der Waals surface area contributed by atoms with Crippen molar-refractivity contribution in [2.45, 2.75) is 47.1 Å². The van der Waals surface area contributed by atoms with E-state index in [2.05, 4.69) is 44.2 Å². The number of rotatable bonds is 5. The monoisotopic (exact) mass is 378 g/mol. The third-order valence-electron chi connectivity index (χ3n) is 4.64. The van der Waals surface area contributed by atoms with Crippen LogP contribution in [0.15, 0.2) is 55.0 Å². The van der Waals surface area contributed by atoms with Gasteiger partial charge in [-0.1, -0.05) is 32.9 Å². The summed E-state index contributed by atoms with van der Waals surface area (Å²) in [6, 6.07) is 12.5. The van der Waals surface area contributed by atoms with Gasteiger partial charge in [0, 0.05) is 23.6 Å². The molecule has 0 radical (unpaired) electrons. The van der Waals surface area contributed by atoms with Gasteiger partial charge in [-0.15, -0.1) is 0 Å². The largest absolute Gasteiger partial charge is 0.328 e. The normalized spacial score (nSPS) is 11.8. The second-order valence-electron chi connectivity index (χ2n) is 8.75. The lowest BCUT2D eigenvalue weighted by Crippen LogP contribution is -2.13. The quantitative estimate of drug-likeness (QED) is 0.471. The number of benzene rings is 2. The molecule has 0 atom stereocenters. The summed E-state index contributed by atoms with van der Waals surface area (Å²) in [6.45, 7) is 10.4. The SMILES string of the molecule is CC(C)n1cncc1-c1cc(C(=O)CC(C)(C)C)cc(-c2ccc(F)cc2)c1. The van der Waals surface area contributed by atoms with Crippen molar-refractivity contribution in [2.75, 3.05) is 0 Å². The average molecular weight is 378 g/mol. The molecule has 3 nitrogen and oxygen atoms in total. The second kappa shape index (κ2) is 7.70. The number of hydrogen-bond acceptors (Lipinski definition) is 2. The molecule has 4 heteroatoms. The number of carbonyl (C=O) groups is 1. The van der Waals surface area contributed by atoms with Gasteiger partial charge in [0.05, 0.1) is 18.2 Å². The highest BCUT2D eigenvalue weighted by Gasteiger charge is 2.19. The van der Waals surface area contributed by atoms with Gasteiger partial charge in [0.1, 0.15) is 5.82 Å². The van der Waals surface area contributed by atoms with Gasteiger partial charge in [-0.3, -0.25) is 4.79 Å². The number of imidazole rings is 1. The van der Waals surface area contributed by atoms with Crippen molar-refractivity contribution in [2.24, 2.45) is 5.41 Å². The first-order valence-corrected chi connectivity index (χ1v) is 9.60. The molecule has 0 unspecified atom stereocenters. The van der Waals surface area contributed by atoms with E-state index in [9.17, 15) is 9.18 Å². The van der Waals surface area contributed by atoms with Crippen LogP contribution in [0.3, 0.4) is 0 Å². The lowest BCUT2D eigenvalue weighted by atomic mass is 9.86. The third kappa shape index (κ3) is 4.56. The molecular formula is C24H27FN2O. The standard InChI is InChI=1S/C24H27FN2O/c1-16(2)27-15-26-14-22(27)19-10-18(17-6-8-21(25)9-7-17)11-20(12-19)23(28)13-24(3,4)5/h6-12,14-16H,13H2,1-5H3. The molecule has 28 heavy (non-hydrogen) atoms. The fourth-order valence-electron chi connectivity index (χ4n) is 3.27. The minimum atomic E-state index is -0.276. The molecule has 0 saturated heterocycles. The fourth-order valence-corrected chi connectivity index (χ4v) is 3.27. The van der Waals surface area contributed by atoms with Crippen LogP contribution in [0.2, 0.25) is 0 Å². The van der Waals surface area contributed by atoms with E-state index < -0.39 is 0 Å². The van der Waals surface area contributed by atoms with Gasteiger partial charge in [0.2, 0.25) is 0 Å². The van der Waals surface area contributed by atoms with Crippen LogP contribution in [-0.4, -0.2) is 15.3 Å². The van der Waals surface area contributed by atoms with E-state index in [4.69, 9.17) is 0 Å². The maximum absolute atomic E-state index is 13.4. The second-order valence-corrected chi connectivity index (χ2v) is 8.75. The summed E-state index contributed by atoms with van der Waals surface area (Å²) in [5, 5.41) is 0. The van der Waals surface area contributed by atoms with Crippen molar-refractivity contribution in [3.63, 3.8) is 0 Å².